The zero-order valence-corrected chi connectivity index (χ0v) is 11.3. The number of hydrogen-bond donors (Lipinski definition) is 1. The number of hydrogen-bond acceptors (Lipinski definition) is 4. The van der Waals surface area contributed by atoms with Crippen LogP contribution in [0.3, 0.4) is 0 Å². The number of halogens is 4. The topological polar surface area (TPSA) is 67.6 Å². The molecular weight excluding hydrogens is 317 g/mol. The average Bonchev–Trinajstić information content (AvgIpc) is 2.97. The van der Waals surface area contributed by atoms with Gasteiger partial charge in [-0.25, -0.2) is 9.37 Å². The highest BCUT2D eigenvalue weighted by Gasteiger charge is 2.31. The minimum atomic E-state index is -1.82. The summed E-state index contributed by atoms with van der Waals surface area (Å²) >= 11 is 16.9. The lowest BCUT2D eigenvalue weighted by Gasteiger charge is -2.01. The lowest BCUT2D eigenvalue weighted by Crippen LogP contribution is -2.00. The zero-order valence-electron chi connectivity index (χ0n) is 8.99. The molecule has 5 nitrogen and oxygen atoms in total. The van der Waals surface area contributed by atoms with Gasteiger partial charge in [-0.1, -0.05) is 40.0 Å². The Kier molecular flexibility index (Phi) is 2.88. The Morgan fingerprint density at radius 2 is 2.11 bits per heavy atom. The van der Waals surface area contributed by atoms with E-state index in [0.29, 0.717) is 16.6 Å². The molecule has 0 radical (unpaired) electrons. The highest BCUT2D eigenvalue weighted by atomic mass is 35.6. The van der Waals surface area contributed by atoms with Crippen molar-refractivity contribution in [2.24, 2.45) is 0 Å². The van der Waals surface area contributed by atoms with Crippen molar-refractivity contribution in [1.82, 2.24) is 20.1 Å². The Morgan fingerprint density at radius 1 is 1.32 bits per heavy atom. The molecule has 0 saturated carbocycles. The van der Waals surface area contributed by atoms with Crippen LogP contribution in [-0.4, -0.2) is 20.1 Å². The summed E-state index contributed by atoms with van der Waals surface area (Å²) in [6.45, 7) is 0. The van der Waals surface area contributed by atoms with E-state index in [1.165, 1.54) is 0 Å². The Labute approximate surface area is 120 Å². The molecule has 0 saturated heterocycles. The van der Waals surface area contributed by atoms with Crippen molar-refractivity contribution in [3.63, 3.8) is 0 Å². The maximum atomic E-state index is 13.5. The number of H-pyrrole nitrogens is 1. The van der Waals surface area contributed by atoms with Gasteiger partial charge in [0.25, 0.3) is 9.68 Å². The molecule has 9 heteroatoms. The van der Waals surface area contributed by atoms with Crippen LogP contribution in [0.25, 0.3) is 22.4 Å². The summed E-state index contributed by atoms with van der Waals surface area (Å²) in [5, 5.41) is 4.03. The summed E-state index contributed by atoms with van der Waals surface area (Å²) in [6.07, 6.45) is 2.64. The van der Waals surface area contributed by atoms with Gasteiger partial charge in [-0.05, 0) is 6.07 Å². The van der Waals surface area contributed by atoms with E-state index >= 15 is 0 Å². The summed E-state index contributed by atoms with van der Waals surface area (Å²) < 4.78 is 16.5. The fourth-order valence-corrected chi connectivity index (χ4v) is 1.85. The lowest BCUT2D eigenvalue weighted by atomic mass is 10.2. The molecule has 0 aliphatic carbocycles. The van der Waals surface area contributed by atoms with Gasteiger partial charge in [-0.2, -0.15) is 4.98 Å². The van der Waals surface area contributed by atoms with Gasteiger partial charge in [0, 0.05) is 11.6 Å². The van der Waals surface area contributed by atoms with Crippen LogP contribution in [0.4, 0.5) is 4.39 Å². The van der Waals surface area contributed by atoms with E-state index in [4.69, 9.17) is 39.3 Å². The summed E-state index contributed by atoms with van der Waals surface area (Å²) in [4.78, 5) is 10.7. The number of alkyl halides is 3. The number of aromatic amines is 1. The maximum Gasteiger partial charge on any atom is 0.279 e. The molecule has 0 spiro atoms. The van der Waals surface area contributed by atoms with Crippen molar-refractivity contribution in [3.05, 3.63) is 30.2 Å². The Hall–Kier alpha value is -1.37. The van der Waals surface area contributed by atoms with Crippen LogP contribution >= 0.6 is 34.8 Å². The summed E-state index contributed by atoms with van der Waals surface area (Å²) in [6, 6.07) is 1.58. The fourth-order valence-electron chi connectivity index (χ4n) is 1.62. The molecule has 98 valence electrons. The smallest absolute Gasteiger partial charge is 0.279 e. The van der Waals surface area contributed by atoms with Crippen molar-refractivity contribution in [1.29, 1.82) is 0 Å². The number of pyridine rings is 1. The minimum Gasteiger partial charge on any atom is -0.359 e. The normalized spacial score (nSPS) is 12.2. The second-order valence-electron chi connectivity index (χ2n) is 3.64. The first-order valence-corrected chi connectivity index (χ1v) is 6.13. The maximum absolute atomic E-state index is 13.5. The monoisotopic (exact) mass is 320 g/mol. The number of aromatic nitrogens is 4. The molecule has 3 rings (SSSR count). The van der Waals surface area contributed by atoms with Gasteiger partial charge in [0.15, 0.2) is 5.82 Å². The molecule has 19 heavy (non-hydrogen) atoms. The number of rotatable bonds is 1. The van der Waals surface area contributed by atoms with Crippen molar-refractivity contribution in [2.75, 3.05) is 0 Å². The molecule has 0 aromatic carbocycles. The van der Waals surface area contributed by atoms with Crippen molar-refractivity contribution >= 4 is 45.7 Å². The van der Waals surface area contributed by atoms with E-state index in [-0.39, 0.29) is 11.7 Å². The van der Waals surface area contributed by atoms with Crippen LogP contribution in [0.1, 0.15) is 5.89 Å². The predicted molar refractivity (Wildman–Crippen MR) is 68.6 cm³/mol. The second kappa shape index (κ2) is 4.33. The van der Waals surface area contributed by atoms with Gasteiger partial charge >= 0.3 is 0 Å². The lowest BCUT2D eigenvalue weighted by molar-refractivity contribution is 0.383. The zero-order chi connectivity index (χ0) is 13.6. The molecule has 0 aliphatic heterocycles. The van der Waals surface area contributed by atoms with Crippen molar-refractivity contribution < 1.29 is 8.91 Å². The van der Waals surface area contributed by atoms with E-state index in [1.54, 1.807) is 12.3 Å². The first kappa shape index (κ1) is 12.7. The third-order valence-corrected chi connectivity index (χ3v) is 2.91. The fraction of sp³-hybridized carbons (Fsp3) is 0.100. The van der Waals surface area contributed by atoms with Crippen LogP contribution in [0, 0.1) is 5.82 Å². The molecular formula is C10H4Cl3FN4O. The Morgan fingerprint density at radius 3 is 2.79 bits per heavy atom. The molecule has 0 fully saturated rings. The quantitative estimate of drug-likeness (QED) is 0.696. The third kappa shape index (κ3) is 2.16. The summed E-state index contributed by atoms with van der Waals surface area (Å²) in [5.74, 6) is -0.530. The van der Waals surface area contributed by atoms with Gasteiger partial charge in [0.05, 0.1) is 11.7 Å². The van der Waals surface area contributed by atoms with E-state index in [1.807, 2.05) is 0 Å². The van der Waals surface area contributed by atoms with Crippen molar-refractivity contribution in [3.8, 4) is 11.5 Å². The largest absolute Gasteiger partial charge is 0.359 e. The molecule has 0 bridgehead atoms. The number of nitrogens with one attached hydrogen (secondary N) is 1. The van der Waals surface area contributed by atoms with Crippen molar-refractivity contribution in [2.45, 2.75) is 3.79 Å². The SMILES string of the molecule is Fc1cnc(-c2noc(C(Cl)(Cl)Cl)n2)c2[nH]ccc12. The van der Waals surface area contributed by atoms with E-state index in [0.717, 1.165) is 6.20 Å². The Balaban J connectivity index is 2.17. The molecule has 1 N–H and O–H groups in total. The van der Waals surface area contributed by atoms with Gasteiger partial charge < -0.3 is 9.51 Å². The summed E-state index contributed by atoms with van der Waals surface area (Å²) in [7, 11) is 0. The van der Waals surface area contributed by atoms with Gasteiger partial charge in [0.2, 0.25) is 5.82 Å². The van der Waals surface area contributed by atoms with E-state index in [9.17, 15) is 4.39 Å². The molecule has 0 unspecified atom stereocenters. The van der Waals surface area contributed by atoms with Crippen LogP contribution in [-0.2, 0) is 3.79 Å². The van der Waals surface area contributed by atoms with E-state index in [2.05, 4.69) is 20.1 Å². The van der Waals surface area contributed by atoms with Crippen LogP contribution in [0.2, 0.25) is 0 Å². The second-order valence-corrected chi connectivity index (χ2v) is 5.92. The summed E-state index contributed by atoms with van der Waals surface area (Å²) in [5.41, 5.74) is 0.752. The van der Waals surface area contributed by atoms with Gasteiger partial charge in [0.1, 0.15) is 5.69 Å². The number of nitrogens with zero attached hydrogens (tertiary/aromatic N) is 3. The van der Waals surface area contributed by atoms with Gasteiger partial charge in [-0.15, -0.1) is 0 Å². The first-order valence-electron chi connectivity index (χ1n) is 4.99. The molecule has 0 aliphatic rings. The predicted octanol–water partition coefficient (Wildman–Crippen LogP) is 3.58. The molecule has 3 aromatic heterocycles. The third-order valence-electron chi connectivity index (χ3n) is 2.43. The first-order chi connectivity index (χ1) is 8.97. The van der Waals surface area contributed by atoms with Crippen LogP contribution in [0.15, 0.2) is 23.0 Å². The molecule has 0 atom stereocenters. The standard InChI is InChI=1S/C10H4Cl3FN4O/c11-10(12,13)9-17-8(18-19-9)7-6-4(1-2-15-6)5(14)3-16-7/h1-3,15H. The highest BCUT2D eigenvalue weighted by Crippen LogP contribution is 2.38. The van der Waals surface area contributed by atoms with Gasteiger partial charge in [-0.3, -0.25) is 0 Å². The minimum absolute atomic E-state index is 0.105. The van der Waals surface area contributed by atoms with Crippen LogP contribution < -0.4 is 0 Å². The Bertz CT molecular complexity index is 749. The number of fused-ring (bicyclic) bond motifs is 1. The van der Waals surface area contributed by atoms with Crippen LogP contribution in [0.5, 0.6) is 0 Å². The molecule has 0 amide bonds. The van der Waals surface area contributed by atoms with E-state index < -0.39 is 9.61 Å². The average molecular weight is 322 g/mol. The molecule has 3 heterocycles. The highest BCUT2D eigenvalue weighted by molar-refractivity contribution is 6.66. The molecule has 3 aromatic rings.